The van der Waals surface area contributed by atoms with Crippen molar-refractivity contribution in [1.82, 2.24) is 34.7 Å². The van der Waals surface area contributed by atoms with E-state index in [1.54, 1.807) is 6.20 Å². The molecule has 0 aliphatic carbocycles. The summed E-state index contributed by atoms with van der Waals surface area (Å²) in [5, 5.41) is 3.61. The van der Waals surface area contributed by atoms with Crippen LogP contribution in [0.1, 0.15) is 36.6 Å². The van der Waals surface area contributed by atoms with E-state index >= 15 is 0 Å². The van der Waals surface area contributed by atoms with Gasteiger partial charge in [-0.2, -0.15) is 9.97 Å². The van der Waals surface area contributed by atoms with Crippen molar-refractivity contribution in [2.75, 3.05) is 26.2 Å². The number of pyridine rings is 1. The van der Waals surface area contributed by atoms with Gasteiger partial charge in [0.25, 0.3) is 0 Å². The highest BCUT2D eigenvalue weighted by Gasteiger charge is 2.31. The van der Waals surface area contributed by atoms with E-state index in [2.05, 4.69) is 49.4 Å². The second kappa shape index (κ2) is 10.1. The van der Waals surface area contributed by atoms with Crippen molar-refractivity contribution >= 4 is 11.2 Å². The second-order valence-corrected chi connectivity index (χ2v) is 10.1. The van der Waals surface area contributed by atoms with E-state index in [1.807, 2.05) is 18.4 Å². The van der Waals surface area contributed by atoms with Gasteiger partial charge in [-0.15, -0.1) is 0 Å². The summed E-state index contributed by atoms with van der Waals surface area (Å²) in [5.41, 5.74) is 5.07. The maximum absolute atomic E-state index is 14.1. The van der Waals surface area contributed by atoms with Gasteiger partial charge in [0.05, 0.1) is 25.0 Å². The maximum Gasteiger partial charge on any atom is 0.318 e. The number of piperidine rings is 1. The van der Waals surface area contributed by atoms with Crippen molar-refractivity contribution in [2.24, 2.45) is 5.92 Å². The Kier molecular flexibility index (Phi) is 6.56. The van der Waals surface area contributed by atoms with Crippen molar-refractivity contribution in [3.8, 4) is 17.4 Å². The van der Waals surface area contributed by atoms with Gasteiger partial charge in [0.1, 0.15) is 17.2 Å². The number of ether oxygens (including phenoxy) is 1. The quantitative estimate of drug-likeness (QED) is 0.410. The molecule has 3 aromatic heterocycles. The molecule has 9 heteroatoms. The van der Waals surface area contributed by atoms with Crippen LogP contribution >= 0.6 is 0 Å². The number of hydrogen-bond donors (Lipinski definition) is 1. The predicted octanol–water partition coefficient (Wildman–Crippen LogP) is 3.97. The summed E-state index contributed by atoms with van der Waals surface area (Å²) in [5.74, 6) is 0.955. The van der Waals surface area contributed by atoms with Crippen LogP contribution in [-0.4, -0.2) is 61.7 Å². The lowest BCUT2D eigenvalue weighted by Crippen LogP contribution is -2.42. The van der Waals surface area contributed by atoms with Gasteiger partial charge in [-0.3, -0.25) is 9.88 Å². The Balaban J connectivity index is 1.32. The summed E-state index contributed by atoms with van der Waals surface area (Å²) < 4.78 is 21.7. The van der Waals surface area contributed by atoms with E-state index in [1.165, 1.54) is 37.2 Å². The van der Waals surface area contributed by atoms with E-state index < -0.39 is 5.82 Å². The average molecular weight is 502 g/mol. The Hall–Kier alpha value is -3.43. The van der Waals surface area contributed by atoms with E-state index in [9.17, 15) is 4.39 Å². The molecule has 7 rings (SSSR count). The van der Waals surface area contributed by atoms with Gasteiger partial charge >= 0.3 is 6.01 Å². The summed E-state index contributed by atoms with van der Waals surface area (Å²) >= 11 is 0. The van der Waals surface area contributed by atoms with Gasteiger partial charge in [0.2, 0.25) is 0 Å². The number of hydrogen-bond acceptors (Lipinski definition) is 7. The Bertz CT molecular complexity index is 1400. The van der Waals surface area contributed by atoms with Crippen LogP contribution in [0.15, 0.2) is 42.7 Å². The predicted molar refractivity (Wildman–Crippen MR) is 140 cm³/mol. The smallest absolute Gasteiger partial charge is 0.318 e. The van der Waals surface area contributed by atoms with Crippen LogP contribution in [0.2, 0.25) is 0 Å². The largest absolute Gasteiger partial charge is 0.464 e. The van der Waals surface area contributed by atoms with Crippen molar-refractivity contribution in [2.45, 2.75) is 45.8 Å². The van der Waals surface area contributed by atoms with Gasteiger partial charge in [-0.25, -0.2) is 9.37 Å². The summed E-state index contributed by atoms with van der Waals surface area (Å²) in [6.07, 6.45) is 5.44. The number of benzene rings is 1. The molecule has 2 bridgehead atoms. The first-order valence-electron chi connectivity index (χ1n) is 13.1. The molecule has 0 saturated carbocycles. The molecule has 3 aliphatic rings. The van der Waals surface area contributed by atoms with Crippen molar-refractivity contribution in [3.05, 3.63) is 65.4 Å². The standard InChI is InChI=1S/C28H32FN7O/c1-3-37-28-32-18(2)25-27(34-28)36(26(33-25)22-10-23(29)13-31-12-22)17-20-6-4-19(5-7-20)15-35-16-21-8-9-24(35)14-30-11-21/h4-7,10,12-13,21,24,30H,3,8-9,11,14-17H2,1-2H3/t21-,24-/m0/s1. The molecule has 37 heavy (non-hydrogen) atoms. The lowest BCUT2D eigenvalue weighted by Gasteiger charge is -2.36. The topological polar surface area (TPSA) is 81.0 Å². The molecule has 3 saturated heterocycles. The number of halogens is 1. The molecule has 2 atom stereocenters. The molecular weight excluding hydrogens is 469 g/mol. The first kappa shape index (κ1) is 23.9. The highest BCUT2D eigenvalue weighted by atomic mass is 19.1. The molecular formula is C28H32FN7O. The average Bonchev–Trinajstić information content (AvgIpc) is 3.01. The SMILES string of the molecule is CCOc1nc(C)c2nc(-c3cncc(F)c3)n(Cc3ccc(CN4C[C@H]5CC[C@H]4CNC5)cc3)c2n1. The van der Waals surface area contributed by atoms with Gasteiger partial charge in [0, 0.05) is 37.4 Å². The number of aryl methyl sites for hydroxylation is 1. The molecule has 1 N–H and O–H groups in total. The molecule has 8 nitrogen and oxygen atoms in total. The third-order valence-electron chi connectivity index (χ3n) is 7.46. The van der Waals surface area contributed by atoms with Gasteiger partial charge in [-0.1, -0.05) is 24.3 Å². The van der Waals surface area contributed by atoms with E-state index in [0.29, 0.717) is 47.8 Å². The zero-order valence-corrected chi connectivity index (χ0v) is 21.3. The number of fused-ring (bicyclic) bond motifs is 5. The molecule has 6 heterocycles. The van der Waals surface area contributed by atoms with E-state index in [-0.39, 0.29) is 0 Å². The molecule has 192 valence electrons. The van der Waals surface area contributed by atoms with Crippen LogP contribution in [0.3, 0.4) is 0 Å². The molecule has 0 unspecified atom stereocenters. The zero-order chi connectivity index (χ0) is 25.4. The van der Waals surface area contributed by atoms with Crippen LogP contribution in [0.25, 0.3) is 22.6 Å². The zero-order valence-electron chi connectivity index (χ0n) is 21.3. The number of aromatic nitrogens is 5. The Labute approximate surface area is 215 Å². The highest BCUT2D eigenvalue weighted by molar-refractivity contribution is 5.79. The van der Waals surface area contributed by atoms with E-state index in [0.717, 1.165) is 36.8 Å². The third kappa shape index (κ3) is 4.93. The molecule has 3 fully saturated rings. The Morgan fingerprint density at radius 2 is 1.84 bits per heavy atom. The number of nitrogens with one attached hydrogen (secondary N) is 1. The lowest BCUT2D eigenvalue weighted by atomic mass is 9.94. The van der Waals surface area contributed by atoms with Gasteiger partial charge < -0.3 is 14.6 Å². The molecule has 1 aromatic carbocycles. The molecule has 0 amide bonds. The fraction of sp³-hybridized carbons (Fsp3) is 0.429. The van der Waals surface area contributed by atoms with Crippen LogP contribution in [0, 0.1) is 18.7 Å². The van der Waals surface area contributed by atoms with Gasteiger partial charge in [0.15, 0.2) is 5.65 Å². The Morgan fingerprint density at radius 3 is 2.62 bits per heavy atom. The number of rotatable bonds is 7. The summed E-state index contributed by atoms with van der Waals surface area (Å²) in [7, 11) is 0. The molecule has 0 spiro atoms. The summed E-state index contributed by atoms with van der Waals surface area (Å²) in [6, 6.07) is 11.2. The minimum absolute atomic E-state index is 0.314. The maximum atomic E-state index is 14.1. The summed E-state index contributed by atoms with van der Waals surface area (Å²) in [4.78, 5) is 20.6. The van der Waals surface area contributed by atoms with Crippen LogP contribution in [0.4, 0.5) is 4.39 Å². The monoisotopic (exact) mass is 501 g/mol. The van der Waals surface area contributed by atoms with E-state index in [4.69, 9.17) is 9.72 Å². The highest BCUT2D eigenvalue weighted by Crippen LogP contribution is 2.29. The van der Waals surface area contributed by atoms with Crippen molar-refractivity contribution in [1.29, 1.82) is 0 Å². The Morgan fingerprint density at radius 1 is 1.03 bits per heavy atom. The number of imidazole rings is 1. The van der Waals surface area contributed by atoms with Gasteiger partial charge in [-0.05, 0) is 56.3 Å². The second-order valence-electron chi connectivity index (χ2n) is 10.1. The third-order valence-corrected chi connectivity index (χ3v) is 7.46. The normalized spacial score (nSPS) is 19.9. The van der Waals surface area contributed by atoms with Crippen LogP contribution in [-0.2, 0) is 13.1 Å². The summed E-state index contributed by atoms with van der Waals surface area (Å²) in [6.45, 7) is 9.16. The van der Waals surface area contributed by atoms with Crippen LogP contribution < -0.4 is 10.1 Å². The van der Waals surface area contributed by atoms with Crippen molar-refractivity contribution in [3.63, 3.8) is 0 Å². The molecule has 3 aliphatic heterocycles. The van der Waals surface area contributed by atoms with Crippen molar-refractivity contribution < 1.29 is 9.13 Å². The minimum atomic E-state index is -0.407. The lowest BCUT2D eigenvalue weighted by molar-refractivity contribution is 0.126. The van der Waals surface area contributed by atoms with Crippen LogP contribution in [0.5, 0.6) is 6.01 Å². The molecule has 4 aromatic rings. The molecule has 0 radical (unpaired) electrons. The minimum Gasteiger partial charge on any atom is -0.464 e. The first-order chi connectivity index (χ1) is 18.1. The first-order valence-corrected chi connectivity index (χ1v) is 13.1. The number of nitrogens with zero attached hydrogens (tertiary/aromatic N) is 6. The fourth-order valence-electron chi connectivity index (χ4n) is 5.61. The fourth-order valence-corrected chi connectivity index (χ4v) is 5.61.